The zero-order valence-corrected chi connectivity index (χ0v) is 16.9. The molecular weight excluding hydrogens is 314 g/mol. The van der Waals surface area contributed by atoms with Gasteiger partial charge in [-0.3, -0.25) is 4.98 Å². The molecule has 26 heavy (non-hydrogen) atoms. The average Bonchev–Trinajstić information content (AvgIpc) is 3.00. The van der Waals surface area contributed by atoms with Crippen molar-refractivity contribution in [1.82, 2.24) is 4.98 Å². The molecule has 0 aliphatic heterocycles. The van der Waals surface area contributed by atoms with Crippen molar-refractivity contribution >= 4 is 5.57 Å². The number of pyridine rings is 1. The third-order valence-corrected chi connectivity index (χ3v) is 9.48. The molecule has 0 N–H and O–H groups in total. The van der Waals surface area contributed by atoms with E-state index in [1.807, 2.05) is 6.20 Å². The molecule has 1 heterocycles. The molecule has 1 aromatic rings. The van der Waals surface area contributed by atoms with Gasteiger partial charge in [0.25, 0.3) is 0 Å². The van der Waals surface area contributed by atoms with Crippen molar-refractivity contribution in [1.29, 1.82) is 0 Å². The van der Waals surface area contributed by atoms with Gasteiger partial charge in [-0.05, 0) is 103 Å². The van der Waals surface area contributed by atoms with Crippen LogP contribution in [0.15, 0.2) is 30.6 Å². The first-order chi connectivity index (χ1) is 12.5. The normalized spacial score (nSPS) is 47.5. The van der Waals surface area contributed by atoms with Crippen molar-refractivity contribution in [2.24, 2.45) is 40.4 Å². The Hall–Kier alpha value is -1.11. The lowest BCUT2D eigenvalue weighted by molar-refractivity contribution is -0.103. The highest BCUT2D eigenvalue weighted by atomic mass is 14.6. The van der Waals surface area contributed by atoms with Crippen LogP contribution in [0.5, 0.6) is 0 Å². The second-order valence-electron chi connectivity index (χ2n) is 10.6. The summed E-state index contributed by atoms with van der Waals surface area (Å²) in [4.78, 5) is 4.41. The van der Waals surface area contributed by atoms with E-state index >= 15 is 0 Å². The van der Waals surface area contributed by atoms with Crippen molar-refractivity contribution in [2.75, 3.05) is 0 Å². The first kappa shape index (κ1) is 17.0. The minimum absolute atomic E-state index is 0.384. The molecule has 0 spiro atoms. The summed E-state index contributed by atoms with van der Waals surface area (Å²) >= 11 is 0. The van der Waals surface area contributed by atoms with Gasteiger partial charge in [-0.15, -0.1) is 0 Å². The van der Waals surface area contributed by atoms with E-state index in [0.717, 1.165) is 29.6 Å². The SMILES string of the molecule is C[C@@H]1CC[C@]2(C)C3CC[C@]4(C)C(c5cccnc5)=CCC4C3CC[C@@H]2C1. The van der Waals surface area contributed by atoms with Gasteiger partial charge in [0.2, 0.25) is 0 Å². The van der Waals surface area contributed by atoms with Gasteiger partial charge in [0.05, 0.1) is 0 Å². The molecule has 5 rings (SSSR count). The highest BCUT2D eigenvalue weighted by Gasteiger charge is 2.58. The van der Waals surface area contributed by atoms with Crippen LogP contribution < -0.4 is 0 Å². The molecule has 4 aliphatic rings. The highest BCUT2D eigenvalue weighted by molar-refractivity contribution is 5.72. The fourth-order valence-electron chi connectivity index (χ4n) is 8.01. The van der Waals surface area contributed by atoms with E-state index in [2.05, 4.69) is 50.2 Å². The number of nitrogens with zero attached hydrogens (tertiary/aromatic N) is 1. The minimum atomic E-state index is 0.384. The van der Waals surface area contributed by atoms with E-state index in [1.165, 1.54) is 56.9 Å². The molecule has 0 saturated heterocycles. The molecule has 3 saturated carbocycles. The molecule has 3 unspecified atom stereocenters. The Morgan fingerprint density at radius 3 is 2.73 bits per heavy atom. The Balaban J connectivity index is 1.44. The largest absolute Gasteiger partial charge is 0.264 e. The van der Waals surface area contributed by atoms with E-state index in [0.29, 0.717) is 10.8 Å². The van der Waals surface area contributed by atoms with Gasteiger partial charge >= 0.3 is 0 Å². The third-order valence-electron chi connectivity index (χ3n) is 9.48. The molecule has 1 nitrogen and oxygen atoms in total. The fourth-order valence-corrected chi connectivity index (χ4v) is 8.01. The van der Waals surface area contributed by atoms with Crippen LogP contribution in [0.2, 0.25) is 0 Å². The first-order valence-corrected chi connectivity index (χ1v) is 11.1. The first-order valence-electron chi connectivity index (χ1n) is 11.1. The van der Waals surface area contributed by atoms with Crippen LogP contribution in [0, 0.1) is 40.4 Å². The van der Waals surface area contributed by atoms with Crippen LogP contribution in [0.1, 0.15) is 77.7 Å². The molecular formula is C25H35N. The zero-order valence-electron chi connectivity index (χ0n) is 16.9. The van der Waals surface area contributed by atoms with Gasteiger partial charge in [-0.2, -0.15) is 0 Å². The topological polar surface area (TPSA) is 12.9 Å². The summed E-state index contributed by atoms with van der Waals surface area (Å²) in [5.41, 5.74) is 4.00. The molecule has 3 fully saturated rings. The Kier molecular flexibility index (Phi) is 3.89. The number of allylic oxidation sites excluding steroid dienone is 2. The fraction of sp³-hybridized carbons (Fsp3) is 0.720. The highest BCUT2D eigenvalue weighted by Crippen LogP contribution is 2.67. The maximum Gasteiger partial charge on any atom is 0.0343 e. The lowest BCUT2D eigenvalue weighted by Crippen LogP contribution is -2.52. The Morgan fingerprint density at radius 2 is 1.92 bits per heavy atom. The molecule has 1 aromatic heterocycles. The van der Waals surface area contributed by atoms with E-state index in [1.54, 1.807) is 5.57 Å². The predicted molar refractivity (Wildman–Crippen MR) is 108 cm³/mol. The number of hydrogen-bond acceptors (Lipinski definition) is 1. The predicted octanol–water partition coefficient (Wildman–Crippen LogP) is 6.75. The second-order valence-corrected chi connectivity index (χ2v) is 10.6. The number of fused-ring (bicyclic) bond motifs is 5. The number of aromatic nitrogens is 1. The van der Waals surface area contributed by atoms with E-state index in [4.69, 9.17) is 0 Å². The van der Waals surface area contributed by atoms with Crippen LogP contribution in [0.3, 0.4) is 0 Å². The van der Waals surface area contributed by atoms with Crippen LogP contribution in [-0.2, 0) is 0 Å². The second kappa shape index (κ2) is 5.94. The standard InChI is InChI=1S/C25H35N/c1-17-10-12-24(2)19(15-17)6-7-20-22-9-8-21(18-5-4-14-26-16-18)25(22,3)13-11-23(20)24/h4-5,8,14,16-17,19-20,22-23H,6-7,9-13,15H2,1-3H3/t17-,19-,20?,22?,23?,24+,25-/m1/s1. The van der Waals surface area contributed by atoms with Gasteiger partial charge in [0.15, 0.2) is 0 Å². The molecule has 0 amide bonds. The summed E-state index contributed by atoms with van der Waals surface area (Å²) in [6, 6.07) is 4.38. The maximum absolute atomic E-state index is 4.41. The zero-order chi connectivity index (χ0) is 17.9. The number of rotatable bonds is 1. The summed E-state index contributed by atoms with van der Waals surface area (Å²) in [6.07, 6.45) is 18.2. The van der Waals surface area contributed by atoms with E-state index in [9.17, 15) is 0 Å². The smallest absolute Gasteiger partial charge is 0.0343 e. The molecule has 0 aromatic carbocycles. The Bertz CT molecular complexity index is 706. The van der Waals surface area contributed by atoms with Crippen molar-refractivity contribution < 1.29 is 0 Å². The molecule has 4 aliphatic carbocycles. The number of hydrogen-bond donors (Lipinski definition) is 0. The van der Waals surface area contributed by atoms with Gasteiger partial charge in [0, 0.05) is 12.4 Å². The van der Waals surface area contributed by atoms with Crippen molar-refractivity contribution in [2.45, 2.75) is 72.1 Å². The van der Waals surface area contributed by atoms with Crippen molar-refractivity contribution in [3.8, 4) is 0 Å². The van der Waals surface area contributed by atoms with E-state index in [-0.39, 0.29) is 0 Å². The van der Waals surface area contributed by atoms with Gasteiger partial charge in [-0.25, -0.2) is 0 Å². The molecule has 140 valence electrons. The lowest BCUT2D eigenvalue weighted by atomic mass is 9.44. The van der Waals surface area contributed by atoms with Crippen LogP contribution >= 0.6 is 0 Å². The van der Waals surface area contributed by atoms with Crippen LogP contribution in [-0.4, -0.2) is 4.98 Å². The van der Waals surface area contributed by atoms with E-state index < -0.39 is 0 Å². The van der Waals surface area contributed by atoms with Crippen molar-refractivity contribution in [3.63, 3.8) is 0 Å². The molecule has 1 heteroatoms. The minimum Gasteiger partial charge on any atom is -0.264 e. The van der Waals surface area contributed by atoms with Crippen molar-refractivity contribution in [3.05, 3.63) is 36.2 Å². The Morgan fingerprint density at radius 1 is 1.04 bits per heavy atom. The average molecular weight is 350 g/mol. The molecule has 0 radical (unpaired) electrons. The van der Waals surface area contributed by atoms with Crippen LogP contribution in [0.25, 0.3) is 5.57 Å². The quantitative estimate of drug-likeness (QED) is 0.546. The third kappa shape index (κ3) is 2.31. The summed E-state index contributed by atoms with van der Waals surface area (Å²) in [5, 5.41) is 0. The van der Waals surface area contributed by atoms with Crippen LogP contribution in [0.4, 0.5) is 0 Å². The summed E-state index contributed by atoms with van der Waals surface area (Å²) < 4.78 is 0. The summed E-state index contributed by atoms with van der Waals surface area (Å²) in [5.74, 6) is 4.77. The van der Waals surface area contributed by atoms with Gasteiger partial charge in [0.1, 0.15) is 0 Å². The lowest BCUT2D eigenvalue weighted by Gasteiger charge is -2.61. The molecule has 0 bridgehead atoms. The van der Waals surface area contributed by atoms with Gasteiger partial charge in [-0.1, -0.05) is 39.3 Å². The summed E-state index contributed by atoms with van der Waals surface area (Å²) in [6.45, 7) is 7.76. The maximum atomic E-state index is 4.41. The molecule has 7 atom stereocenters. The van der Waals surface area contributed by atoms with Gasteiger partial charge < -0.3 is 0 Å². The Labute approximate surface area is 159 Å². The summed E-state index contributed by atoms with van der Waals surface area (Å²) in [7, 11) is 0. The monoisotopic (exact) mass is 349 g/mol.